The predicted octanol–water partition coefficient (Wildman–Crippen LogP) is 4.00. The van der Waals surface area contributed by atoms with E-state index in [9.17, 15) is 0 Å². The van der Waals surface area contributed by atoms with Crippen molar-refractivity contribution in [1.29, 1.82) is 5.26 Å². The molecule has 2 rings (SSSR count). The van der Waals surface area contributed by atoms with Crippen molar-refractivity contribution in [3.05, 3.63) is 70.2 Å². The summed E-state index contributed by atoms with van der Waals surface area (Å²) in [6.07, 6.45) is 1.81. The van der Waals surface area contributed by atoms with E-state index in [4.69, 9.17) is 16.9 Å². The molecule has 0 amide bonds. The highest BCUT2D eigenvalue weighted by atomic mass is 35.5. The van der Waals surface area contributed by atoms with Gasteiger partial charge in [-0.3, -0.25) is 0 Å². The number of hydrogen-bond acceptors (Lipinski definition) is 1. The summed E-state index contributed by atoms with van der Waals surface area (Å²) in [6.45, 7) is 0. The highest BCUT2D eigenvalue weighted by molar-refractivity contribution is 6.30. The molecule has 0 aliphatic carbocycles. The minimum Gasteiger partial charge on any atom is -0.192 e. The average Bonchev–Trinajstić information content (AvgIpc) is 2.38. The topological polar surface area (TPSA) is 23.8 Å². The maximum absolute atomic E-state index is 8.98. The molecule has 0 fully saturated rings. The van der Waals surface area contributed by atoms with Crippen LogP contribution in [0.15, 0.2) is 48.5 Å². The normalized spacial score (nSPS) is 9.88. The van der Waals surface area contributed by atoms with Gasteiger partial charge in [-0.15, -0.1) is 0 Å². The van der Waals surface area contributed by atoms with Crippen LogP contribution in [-0.2, 0) is 12.8 Å². The molecule has 0 heterocycles. The van der Waals surface area contributed by atoms with Crippen molar-refractivity contribution in [2.75, 3.05) is 0 Å². The Hall–Kier alpha value is -1.78. The van der Waals surface area contributed by atoms with E-state index in [1.807, 2.05) is 48.5 Å². The molecule has 0 bridgehead atoms. The zero-order valence-electron chi connectivity index (χ0n) is 9.36. The van der Waals surface area contributed by atoms with Crippen molar-refractivity contribution in [3.63, 3.8) is 0 Å². The van der Waals surface area contributed by atoms with Crippen LogP contribution in [0, 0.1) is 11.3 Å². The van der Waals surface area contributed by atoms with Gasteiger partial charge in [0.2, 0.25) is 0 Å². The van der Waals surface area contributed by atoms with Crippen LogP contribution in [0.5, 0.6) is 0 Å². The Balaban J connectivity index is 2.08. The number of nitriles is 1. The second-order valence-electron chi connectivity index (χ2n) is 3.90. The lowest BCUT2D eigenvalue weighted by Gasteiger charge is -2.04. The Morgan fingerprint density at radius 3 is 2.35 bits per heavy atom. The SMILES string of the molecule is N#Cc1ccccc1CCc1ccc(Cl)cc1. The molecule has 0 radical (unpaired) electrons. The van der Waals surface area contributed by atoms with Gasteiger partial charge >= 0.3 is 0 Å². The van der Waals surface area contributed by atoms with Gasteiger partial charge in [0.25, 0.3) is 0 Å². The minimum absolute atomic E-state index is 0.756. The summed E-state index contributed by atoms with van der Waals surface area (Å²) < 4.78 is 0. The van der Waals surface area contributed by atoms with Crippen LogP contribution in [0.3, 0.4) is 0 Å². The van der Waals surface area contributed by atoms with Crippen molar-refractivity contribution < 1.29 is 0 Å². The first-order valence-electron chi connectivity index (χ1n) is 5.52. The van der Waals surface area contributed by atoms with Crippen LogP contribution in [0.25, 0.3) is 0 Å². The summed E-state index contributed by atoms with van der Waals surface area (Å²) in [4.78, 5) is 0. The average molecular weight is 242 g/mol. The Bertz CT molecular complexity index is 538. The molecular weight excluding hydrogens is 230 g/mol. The molecule has 84 valence electrons. The third kappa shape index (κ3) is 3.09. The fourth-order valence-corrected chi connectivity index (χ4v) is 1.90. The Labute approximate surface area is 106 Å². The summed E-state index contributed by atoms with van der Waals surface area (Å²) in [5.74, 6) is 0. The molecule has 0 aliphatic heterocycles. The van der Waals surface area contributed by atoms with E-state index < -0.39 is 0 Å². The largest absolute Gasteiger partial charge is 0.192 e. The lowest BCUT2D eigenvalue weighted by Crippen LogP contribution is -1.94. The van der Waals surface area contributed by atoms with E-state index in [2.05, 4.69) is 6.07 Å². The van der Waals surface area contributed by atoms with Gasteiger partial charge in [0.05, 0.1) is 11.6 Å². The second kappa shape index (κ2) is 5.52. The molecule has 0 saturated carbocycles. The third-order valence-electron chi connectivity index (χ3n) is 2.73. The van der Waals surface area contributed by atoms with Gasteiger partial charge < -0.3 is 0 Å². The fraction of sp³-hybridized carbons (Fsp3) is 0.133. The number of halogens is 1. The van der Waals surface area contributed by atoms with Crippen molar-refractivity contribution in [2.24, 2.45) is 0 Å². The summed E-state index contributed by atoms with van der Waals surface area (Å²) in [5.41, 5.74) is 3.11. The molecule has 2 heteroatoms. The molecule has 0 N–H and O–H groups in total. The standard InChI is InChI=1S/C15H12ClN/c16-15-9-6-12(7-10-15)5-8-13-3-1-2-4-14(13)11-17/h1-4,6-7,9-10H,5,8H2. The highest BCUT2D eigenvalue weighted by Crippen LogP contribution is 2.14. The van der Waals surface area contributed by atoms with Crippen LogP contribution >= 0.6 is 11.6 Å². The number of aryl methyl sites for hydroxylation is 2. The van der Waals surface area contributed by atoms with Crippen molar-refractivity contribution in [1.82, 2.24) is 0 Å². The van der Waals surface area contributed by atoms with Crippen LogP contribution in [0.4, 0.5) is 0 Å². The van der Waals surface area contributed by atoms with Gasteiger partial charge in [-0.1, -0.05) is 41.9 Å². The number of hydrogen-bond donors (Lipinski definition) is 0. The summed E-state index contributed by atoms with van der Waals surface area (Å²) in [7, 11) is 0. The molecule has 0 spiro atoms. The summed E-state index contributed by atoms with van der Waals surface area (Å²) >= 11 is 5.83. The third-order valence-corrected chi connectivity index (χ3v) is 2.99. The van der Waals surface area contributed by atoms with Crippen LogP contribution in [-0.4, -0.2) is 0 Å². The zero-order valence-corrected chi connectivity index (χ0v) is 10.1. The highest BCUT2D eigenvalue weighted by Gasteiger charge is 2.01. The van der Waals surface area contributed by atoms with Crippen molar-refractivity contribution in [3.8, 4) is 6.07 Å². The monoisotopic (exact) mass is 241 g/mol. The van der Waals surface area contributed by atoms with E-state index in [-0.39, 0.29) is 0 Å². The van der Waals surface area contributed by atoms with E-state index >= 15 is 0 Å². The maximum atomic E-state index is 8.98. The number of nitrogens with zero attached hydrogens (tertiary/aromatic N) is 1. The first-order chi connectivity index (χ1) is 8.29. The Kier molecular flexibility index (Phi) is 3.80. The molecule has 2 aromatic carbocycles. The summed E-state index contributed by atoms with van der Waals surface area (Å²) in [5, 5.41) is 9.74. The molecule has 0 unspecified atom stereocenters. The molecule has 0 saturated heterocycles. The quantitative estimate of drug-likeness (QED) is 0.797. The Morgan fingerprint density at radius 1 is 0.941 bits per heavy atom. The first-order valence-corrected chi connectivity index (χ1v) is 5.90. The lowest BCUT2D eigenvalue weighted by atomic mass is 10.0. The van der Waals surface area contributed by atoms with Crippen molar-refractivity contribution in [2.45, 2.75) is 12.8 Å². The van der Waals surface area contributed by atoms with Crippen LogP contribution < -0.4 is 0 Å². The van der Waals surface area contributed by atoms with E-state index in [1.54, 1.807) is 0 Å². The van der Waals surface area contributed by atoms with Crippen LogP contribution in [0.1, 0.15) is 16.7 Å². The van der Waals surface area contributed by atoms with E-state index in [0.29, 0.717) is 0 Å². The lowest BCUT2D eigenvalue weighted by molar-refractivity contribution is 0.956. The second-order valence-corrected chi connectivity index (χ2v) is 4.33. The molecular formula is C15H12ClN. The number of benzene rings is 2. The van der Waals surface area contributed by atoms with E-state index in [0.717, 1.165) is 29.0 Å². The minimum atomic E-state index is 0.756. The first kappa shape index (κ1) is 11.7. The molecule has 17 heavy (non-hydrogen) atoms. The smallest absolute Gasteiger partial charge is 0.0994 e. The van der Waals surface area contributed by atoms with Gasteiger partial charge in [0, 0.05) is 5.02 Å². The van der Waals surface area contributed by atoms with Gasteiger partial charge in [0.15, 0.2) is 0 Å². The molecule has 2 aromatic rings. The molecule has 1 nitrogen and oxygen atoms in total. The van der Waals surface area contributed by atoms with Crippen LogP contribution in [0.2, 0.25) is 5.02 Å². The Morgan fingerprint density at radius 2 is 1.65 bits per heavy atom. The molecule has 0 aliphatic rings. The summed E-state index contributed by atoms with van der Waals surface area (Å²) in [6, 6.07) is 17.8. The van der Waals surface area contributed by atoms with Gasteiger partial charge in [-0.25, -0.2) is 0 Å². The molecule has 0 atom stereocenters. The predicted molar refractivity (Wildman–Crippen MR) is 70.0 cm³/mol. The zero-order chi connectivity index (χ0) is 12.1. The van der Waals surface area contributed by atoms with Gasteiger partial charge in [-0.2, -0.15) is 5.26 Å². The van der Waals surface area contributed by atoms with Gasteiger partial charge in [0.1, 0.15) is 0 Å². The van der Waals surface area contributed by atoms with Crippen molar-refractivity contribution >= 4 is 11.6 Å². The van der Waals surface area contributed by atoms with Gasteiger partial charge in [-0.05, 0) is 42.2 Å². The molecule has 0 aromatic heterocycles. The number of rotatable bonds is 3. The fourth-order valence-electron chi connectivity index (χ4n) is 1.78. The van der Waals surface area contributed by atoms with E-state index in [1.165, 1.54) is 5.56 Å². The maximum Gasteiger partial charge on any atom is 0.0994 e.